The number of rotatable bonds is 4. The molecule has 26 heavy (non-hydrogen) atoms. The highest BCUT2D eigenvalue weighted by Crippen LogP contribution is 2.19. The monoisotopic (exact) mass is 360 g/mol. The zero-order valence-electron chi connectivity index (χ0n) is 15.5. The molecule has 0 saturated carbocycles. The van der Waals surface area contributed by atoms with Gasteiger partial charge >= 0.3 is 14.2 Å². The molecule has 0 aliphatic carbocycles. The fraction of sp³-hybridized carbons (Fsp3) is 0.333. The van der Waals surface area contributed by atoms with Gasteiger partial charge in [-0.1, -0.05) is 48.5 Å². The van der Waals surface area contributed by atoms with Gasteiger partial charge < -0.3 is 30.3 Å². The Bertz CT molecular complexity index is 609. The first-order valence-electron chi connectivity index (χ1n) is 8.20. The van der Waals surface area contributed by atoms with E-state index in [-0.39, 0.29) is 0 Å². The van der Waals surface area contributed by atoms with E-state index in [2.05, 4.69) is 0 Å². The van der Waals surface area contributed by atoms with Gasteiger partial charge in [0.05, 0.1) is 11.2 Å². The minimum Gasteiger partial charge on any atom is -0.423 e. The van der Waals surface area contributed by atoms with E-state index in [4.69, 9.17) is 30.3 Å². The molecule has 0 aliphatic rings. The van der Waals surface area contributed by atoms with Gasteiger partial charge in [0.25, 0.3) is 0 Å². The van der Waals surface area contributed by atoms with Crippen molar-refractivity contribution >= 4 is 25.2 Å². The maximum absolute atomic E-state index is 9.10. The average Bonchev–Trinajstić information content (AvgIpc) is 2.54. The molecule has 2 rings (SSSR count). The molecule has 0 fully saturated rings. The molecular weight excluding hydrogens is 334 g/mol. The molecule has 0 aromatic heterocycles. The van der Waals surface area contributed by atoms with Crippen molar-refractivity contribution in [3.63, 3.8) is 0 Å². The normalized spacial score (nSPS) is 11.5. The molecule has 0 saturated heterocycles. The molecule has 2 aromatic carbocycles. The predicted molar refractivity (Wildman–Crippen MR) is 104 cm³/mol. The van der Waals surface area contributed by atoms with Gasteiger partial charge in [-0.15, -0.1) is 0 Å². The fourth-order valence-electron chi connectivity index (χ4n) is 1.70. The molecule has 0 heterocycles. The molecule has 0 unspecified atom stereocenters. The van der Waals surface area contributed by atoms with Crippen LogP contribution in [0.25, 0.3) is 11.1 Å². The zero-order chi connectivity index (χ0) is 20.1. The van der Waals surface area contributed by atoms with Gasteiger partial charge in [-0.2, -0.15) is 0 Å². The van der Waals surface area contributed by atoms with E-state index in [9.17, 15) is 0 Å². The largest absolute Gasteiger partial charge is 0.488 e. The van der Waals surface area contributed by atoms with Crippen LogP contribution in [0, 0.1) is 0 Å². The van der Waals surface area contributed by atoms with Crippen LogP contribution in [-0.4, -0.2) is 55.7 Å². The fourth-order valence-corrected chi connectivity index (χ4v) is 1.70. The first kappa shape index (κ1) is 22.4. The van der Waals surface area contributed by atoms with Crippen molar-refractivity contribution in [2.75, 3.05) is 0 Å². The molecule has 0 amide bonds. The summed E-state index contributed by atoms with van der Waals surface area (Å²) in [6.07, 6.45) is 0. The lowest BCUT2D eigenvalue weighted by Gasteiger charge is -2.31. The summed E-state index contributed by atoms with van der Waals surface area (Å²) in [4.78, 5) is 0. The van der Waals surface area contributed by atoms with Crippen LogP contribution >= 0.6 is 0 Å². The van der Waals surface area contributed by atoms with Crippen molar-refractivity contribution < 1.29 is 30.3 Å². The van der Waals surface area contributed by atoms with Crippen molar-refractivity contribution in [2.24, 2.45) is 0 Å². The van der Waals surface area contributed by atoms with Gasteiger partial charge in [-0.05, 0) is 49.7 Å². The van der Waals surface area contributed by atoms with Gasteiger partial charge in [-0.3, -0.25) is 0 Å². The van der Waals surface area contributed by atoms with Crippen molar-refractivity contribution in [2.45, 2.75) is 38.9 Å². The van der Waals surface area contributed by atoms with Crippen LogP contribution in [0.1, 0.15) is 27.7 Å². The topological polar surface area (TPSA) is 121 Å². The second-order valence-electron chi connectivity index (χ2n) is 7.11. The second-order valence-corrected chi connectivity index (χ2v) is 7.11. The summed E-state index contributed by atoms with van der Waals surface area (Å²) in [5.74, 6) is 0. The highest BCUT2D eigenvalue weighted by Gasteiger charge is 2.31. The maximum atomic E-state index is 9.10. The molecule has 6 N–H and O–H groups in total. The lowest BCUT2D eigenvalue weighted by molar-refractivity contribution is -0.107. The van der Waals surface area contributed by atoms with Gasteiger partial charge in [0.1, 0.15) is 0 Å². The van der Waals surface area contributed by atoms with Crippen LogP contribution in [0.4, 0.5) is 0 Å². The number of hydrogen-bond acceptors (Lipinski definition) is 6. The lowest BCUT2D eigenvalue weighted by Crippen LogP contribution is -2.44. The molecule has 0 radical (unpaired) electrons. The molecule has 0 bridgehead atoms. The SMILES string of the molecule is CC(C)(O)C(C)(C)O.OB(O)c1ccc(-c2ccc(B(O)O)cc2)cc1. The van der Waals surface area contributed by atoms with Crippen LogP contribution in [0.2, 0.25) is 0 Å². The van der Waals surface area contributed by atoms with E-state index in [1.807, 2.05) is 0 Å². The Balaban J connectivity index is 0.000000359. The number of hydrogen-bond donors (Lipinski definition) is 6. The van der Waals surface area contributed by atoms with E-state index < -0.39 is 25.4 Å². The Hall–Kier alpha value is -1.67. The first-order chi connectivity index (χ1) is 11.8. The molecule has 6 nitrogen and oxygen atoms in total. The predicted octanol–water partition coefficient (Wildman–Crippen LogP) is -0.759. The summed E-state index contributed by atoms with van der Waals surface area (Å²) < 4.78 is 0. The van der Waals surface area contributed by atoms with Gasteiger partial charge in [0.2, 0.25) is 0 Å². The Morgan fingerprint density at radius 3 is 0.923 bits per heavy atom. The van der Waals surface area contributed by atoms with Crippen molar-refractivity contribution in [1.29, 1.82) is 0 Å². The molecular formula is C18H26B2O6. The minimum atomic E-state index is -1.47. The van der Waals surface area contributed by atoms with Crippen LogP contribution in [0.3, 0.4) is 0 Å². The van der Waals surface area contributed by atoms with Crippen LogP contribution in [0.5, 0.6) is 0 Å². The van der Waals surface area contributed by atoms with Crippen LogP contribution in [0.15, 0.2) is 48.5 Å². The van der Waals surface area contributed by atoms with Crippen LogP contribution in [-0.2, 0) is 0 Å². The minimum absolute atomic E-state index is 0.432. The first-order valence-corrected chi connectivity index (χ1v) is 8.20. The van der Waals surface area contributed by atoms with Gasteiger partial charge in [-0.25, -0.2) is 0 Å². The van der Waals surface area contributed by atoms with Crippen molar-refractivity contribution in [3.05, 3.63) is 48.5 Å². The van der Waals surface area contributed by atoms with E-state index in [0.717, 1.165) is 11.1 Å². The molecule has 2 aromatic rings. The van der Waals surface area contributed by atoms with Crippen LogP contribution < -0.4 is 10.9 Å². The highest BCUT2D eigenvalue weighted by molar-refractivity contribution is 6.59. The maximum Gasteiger partial charge on any atom is 0.488 e. The summed E-state index contributed by atoms with van der Waals surface area (Å²) in [6, 6.07) is 13.6. The summed E-state index contributed by atoms with van der Waals surface area (Å²) in [7, 11) is -2.93. The highest BCUT2D eigenvalue weighted by atomic mass is 16.4. The standard InChI is InChI=1S/C12H12B2O4.C6H14O2/c15-13(16)11-5-1-9(2-6-11)10-3-7-12(8-4-10)14(17)18;1-5(2,7)6(3,4)8/h1-8,15-18H;7-8H,1-4H3. The third kappa shape index (κ3) is 6.57. The summed E-state index contributed by atoms with van der Waals surface area (Å²) >= 11 is 0. The van der Waals surface area contributed by atoms with Gasteiger partial charge in [0.15, 0.2) is 0 Å². The average molecular weight is 360 g/mol. The lowest BCUT2D eigenvalue weighted by atomic mass is 9.78. The van der Waals surface area contributed by atoms with Gasteiger partial charge in [0, 0.05) is 0 Å². The number of benzene rings is 2. The summed E-state index contributed by atoms with van der Waals surface area (Å²) in [5.41, 5.74) is 0.680. The smallest absolute Gasteiger partial charge is 0.423 e. The molecule has 8 heteroatoms. The van der Waals surface area contributed by atoms with E-state index in [1.165, 1.54) is 0 Å². The van der Waals surface area contributed by atoms with E-state index >= 15 is 0 Å². The summed E-state index contributed by atoms with van der Waals surface area (Å²) in [5, 5.41) is 54.1. The molecule has 0 atom stereocenters. The van der Waals surface area contributed by atoms with Crippen molar-refractivity contribution in [3.8, 4) is 11.1 Å². The van der Waals surface area contributed by atoms with E-state index in [0.29, 0.717) is 10.9 Å². The molecule has 0 spiro atoms. The van der Waals surface area contributed by atoms with E-state index in [1.54, 1.807) is 76.2 Å². The van der Waals surface area contributed by atoms with Crippen molar-refractivity contribution in [1.82, 2.24) is 0 Å². The third-order valence-electron chi connectivity index (χ3n) is 4.25. The molecule has 0 aliphatic heterocycles. The Kier molecular flexibility index (Phi) is 7.58. The Morgan fingerprint density at radius 1 is 0.538 bits per heavy atom. The Morgan fingerprint density at radius 2 is 0.769 bits per heavy atom. The second kappa shape index (κ2) is 8.81. The zero-order valence-corrected chi connectivity index (χ0v) is 15.5. The Labute approximate surface area is 154 Å². The summed E-state index contributed by atoms with van der Waals surface area (Å²) in [6.45, 7) is 6.31. The quantitative estimate of drug-likeness (QED) is 0.399. The number of aliphatic hydroxyl groups is 2. The third-order valence-corrected chi connectivity index (χ3v) is 4.25. The molecule has 140 valence electrons.